The highest BCUT2D eigenvalue weighted by Gasteiger charge is 2.17. The van der Waals surface area contributed by atoms with Gasteiger partial charge in [-0.1, -0.05) is 18.2 Å². The van der Waals surface area contributed by atoms with Crippen LogP contribution in [-0.4, -0.2) is 23.4 Å². The van der Waals surface area contributed by atoms with Gasteiger partial charge in [-0.05, 0) is 48.6 Å². The van der Waals surface area contributed by atoms with Gasteiger partial charge in [-0.15, -0.1) is 0 Å². The number of para-hydroxylation sites is 1. The third-order valence-corrected chi connectivity index (χ3v) is 4.69. The molecule has 2 aromatic carbocycles. The number of hydrogen-bond acceptors (Lipinski definition) is 5. The summed E-state index contributed by atoms with van der Waals surface area (Å²) in [4.78, 5) is 0.0728. The van der Waals surface area contributed by atoms with Crippen LogP contribution in [0.5, 0.6) is 5.75 Å². The molecule has 0 aliphatic carbocycles. The minimum atomic E-state index is -3.79. The number of rotatable bonds is 5. The van der Waals surface area contributed by atoms with Crippen molar-refractivity contribution in [2.45, 2.75) is 4.90 Å². The maximum atomic E-state index is 12.6. The molecule has 3 N–H and O–H groups in total. The molecule has 0 saturated carbocycles. The molecule has 0 amide bonds. The fourth-order valence-electron chi connectivity index (χ4n) is 2.16. The summed E-state index contributed by atoms with van der Waals surface area (Å²) in [7, 11) is -3.79. The van der Waals surface area contributed by atoms with Crippen LogP contribution in [0.3, 0.4) is 0 Å². The van der Waals surface area contributed by atoms with E-state index in [4.69, 9.17) is 10.5 Å². The van der Waals surface area contributed by atoms with E-state index < -0.39 is 10.0 Å². The minimum Gasteiger partial charge on any atom is -0.432 e. The van der Waals surface area contributed by atoms with Crippen LogP contribution in [0, 0.1) is 0 Å². The molecule has 0 unspecified atom stereocenters. The molecule has 0 bridgehead atoms. The van der Waals surface area contributed by atoms with Gasteiger partial charge in [0.1, 0.15) is 11.6 Å². The van der Waals surface area contributed by atoms with Crippen LogP contribution >= 0.6 is 12.2 Å². The number of sulfonamides is 1. The molecule has 1 heterocycles. The van der Waals surface area contributed by atoms with Gasteiger partial charge >= 0.3 is 0 Å². The summed E-state index contributed by atoms with van der Waals surface area (Å²) in [5, 5.41) is 4.01. The van der Waals surface area contributed by atoms with Crippen molar-refractivity contribution in [1.82, 2.24) is 9.78 Å². The molecule has 0 aliphatic rings. The Morgan fingerprint density at radius 1 is 1.08 bits per heavy atom. The summed E-state index contributed by atoms with van der Waals surface area (Å²) < 4.78 is 34.2. The summed E-state index contributed by atoms with van der Waals surface area (Å²) in [6.45, 7) is 0. The Bertz CT molecular complexity index is 984. The van der Waals surface area contributed by atoms with Crippen LogP contribution in [0.25, 0.3) is 5.69 Å². The van der Waals surface area contributed by atoms with E-state index in [0.717, 1.165) is 5.69 Å². The Hall–Kier alpha value is -2.91. The highest BCUT2D eigenvalue weighted by molar-refractivity contribution is 7.92. The molecule has 0 fully saturated rings. The molecule has 0 spiro atoms. The van der Waals surface area contributed by atoms with Crippen molar-refractivity contribution in [1.29, 1.82) is 0 Å². The molecule has 25 heavy (non-hydrogen) atoms. The van der Waals surface area contributed by atoms with Crippen molar-refractivity contribution < 1.29 is 13.2 Å². The number of nitrogens with two attached hydrogens (primary N) is 1. The SMILES string of the molecule is NC(=S)Oc1ccc(S(=O)(=O)Nc2ccnn2-c2ccccc2)cc1. The van der Waals surface area contributed by atoms with E-state index in [1.807, 2.05) is 30.3 Å². The highest BCUT2D eigenvalue weighted by Crippen LogP contribution is 2.21. The monoisotopic (exact) mass is 374 g/mol. The molecule has 0 saturated heterocycles. The summed E-state index contributed by atoms with van der Waals surface area (Å²) in [6, 6.07) is 16.5. The van der Waals surface area contributed by atoms with Gasteiger partial charge in [0.2, 0.25) is 0 Å². The average molecular weight is 374 g/mol. The normalized spacial score (nSPS) is 11.0. The largest absolute Gasteiger partial charge is 0.432 e. The van der Waals surface area contributed by atoms with Crippen LogP contribution in [-0.2, 0) is 10.0 Å². The van der Waals surface area contributed by atoms with E-state index >= 15 is 0 Å². The van der Waals surface area contributed by atoms with Gasteiger partial charge in [0.05, 0.1) is 16.8 Å². The number of thiocarbonyl (C=S) groups is 1. The number of benzene rings is 2. The van der Waals surface area contributed by atoms with Crippen molar-refractivity contribution in [3.05, 3.63) is 66.9 Å². The van der Waals surface area contributed by atoms with E-state index in [1.165, 1.54) is 35.1 Å². The predicted molar refractivity (Wildman–Crippen MR) is 98.2 cm³/mol. The van der Waals surface area contributed by atoms with Gasteiger partial charge in [0.15, 0.2) is 0 Å². The topological polar surface area (TPSA) is 99.2 Å². The summed E-state index contributed by atoms with van der Waals surface area (Å²) in [5.74, 6) is 0.690. The van der Waals surface area contributed by atoms with Gasteiger partial charge < -0.3 is 10.5 Å². The van der Waals surface area contributed by atoms with Crippen LogP contribution in [0.2, 0.25) is 0 Å². The first-order valence-corrected chi connectivity index (χ1v) is 9.04. The van der Waals surface area contributed by atoms with E-state index in [2.05, 4.69) is 22.0 Å². The lowest BCUT2D eigenvalue weighted by molar-refractivity contribution is 0.556. The van der Waals surface area contributed by atoms with Gasteiger partial charge in [-0.25, -0.2) is 13.1 Å². The Kier molecular flexibility index (Phi) is 4.68. The summed E-state index contributed by atoms with van der Waals surface area (Å²) >= 11 is 4.64. The quantitative estimate of drug-likeness (QED) is 0.665. The predicted octanol–water partition coefficient (Wildman–Crippen LogP) is 2.30. The van der Waals surface area contributed by atoms with Crippen molar-refractivity contribution in [3.8, 4) is 11.4 Å². The van der Waals surface area contributed by atoms with E-state index in [-0.39, 0.29) is 10.1 Å². The number of hydrogen-bond donors (Lipinski definition) is 2. The third kappa shape index (κ3) is 3.95. The minimum absolute atomic E-state index is 0.0728. The van der Waals surface area contributed by atoms with Gasteiger partial charge in [0.25, 0.3) is 15.2 Å². The molecule has 9 heteroatoms. The van der Waals surface area contributed by atoms with Crippen molar-refractivity contribution in [3.63, 3.8) is 0 Å². The Morgan fingerprint density at radius 3 is 2.40 bits per heavy atom. The Labute approximate surface area is 150 Å². The summed E-state index contributed by atoms with van der Waals surface area (Å²) in [6.07, 6.45) is 1.52. The third-order valence-electron chi connectivity index (χ3n) is 3.23. The molecule has 7 nitrogen and oxygen atoms in total. The molecule has 3 rings (SSSR count). The zero-order chi connectivity index (χ0) is 17.9. The van der Waals surface area contributed by atoms with Gasteiger partial charge in [0, 0.05) is 6.07 Å². The van der Waals surface area contributed by atoms with Crippen LogP contribution < -0.4 is 15.2 Å². The number of ether oxygens (including phenoxy) is 1. The number of anilines is 1. The van der Waals surface area contributed by atoms with Crippen LogP contribution in [0.4, 0.5) is 5.82 Å². The number of aromatic nitrogens is 2. The summed E-state index contributed by atoms with van der Waals surface area (Å²) in [5.41, 5.74) is 6.02. The van der Waals surface area contributed by atoms with Crippen molar-refractivity contribution in [2.24, 2.45) is 5.73 Å². The maximum Gasteiger partial charge on any atom is 0.263 e. The second-order valence-corrected chi connectivity index (χ2v) is 7.05. The Morgan fingerprint density at radius 2 is 1.76 bits per heavy atom. The molecule has 0 radical (unpaired) electrons. The Balaban J connectivity index is 1.85. The second-order valence-electron chi connectivity index (χ2n) is 4.96. The molecular weight excluding hydrogens is 360 g/mol. The number of nitrogens with one attached hydrogen (secondary N) is 1. The highest BCUT2D eigenvalue weighted by atomic mass is 32.2. The van der Waals surface area contributed by atoms with E-state index in [1.54, 1.807) is 6.07 Å². The van der Waals surface area contributed by atoms with E-state index in [0.29, 0.717) is 11.6 Å². The number of nitrogens with zero attached hydrogens (tertiary/aromatic N) is 2. The lowest BCUT2D eigenvalue weighted by Crippen LogP contribution is -2.17. The van der Waals surface area contributed by atoms with E-state index in [9.17, 15) is 8.42 Å². The molecule has 3 aromatic rings. The van der Waals surface area contributed by atoms with Gasteiger partial charge in [-0.2, -0.15) is 5.10 Å². The zero-order valence-electron chi connectivity index (χ0n) is 12.9. The smallest absolute Gasteiger partial charge is 0.263 e. The standard InChI is InChI=1S/C16H14N4O3S2/c17-16(24)23-13-6-8-14(9-7-13)25(21,22)19-15-10-11-18-20(15)12-4-2-1-3-5-12/h1-11,19H,(H2,17,24). The molecule has 0 atom stereocenters. The molecule has 128 valence electrons. The first-order valence-electron chi connectivity index (χ1n) is 7.15. The molecule has 1 aromatic heterocycles. The first kappa shape index (κ1) is 16.9. The fourth-order valence-corrected chi connectivity index (χ4v) is 3.29. The molecule has 0 aliphatic heterocycles. The van der Waals surface area contributed by atoms with Crippen LogP contribution in [0.1, 0.15) is 0 Å². The van der Waals surface area contributed by atoms with Crippen LogP contribution in [0.15, 0.2) is 71.8 Å². The lowest BCUT2D eigenvalue weighted by Gasteiger charge is -2.11. The average Bonchev–Trinajstić information content (AvgIpc) is 3.03. The lowest BCUT2D eigenvalue weighted by atomic mass is 10.3. The van der Waals surface area contributed by atoms with Gasteiger partial charge in [-0.3, -0.25) is 4.72 Å². The maximum absolute atomic E-state index is 12.6. The van der Waals surface area contributed by atoms with Crippen molar-refractivity contribution >= 4 is 33.2 Å². The first-order chi connectivity index (χ1) is 12.0. The fraction of sp³-hybridized carbons (Fsp3) is 0. The molecular formula is C16H14N4O3S2. The van der Waals surface area contributed by atoms with Crippen molar-refractivity contribution in [2.75, 3.05) is 4.72 Å². The zero-order valence-corrected chi connectivity index (χ0v) is 14.5. The second kappa shape index (κ2) is 6.91.